The molecule has 3 aliphatic heterocycles. The van der Waals surface area contributed by atoms with Crippen LogP contribution in [0.3, 0.4) is 0 Å². The molecule has 3 heterocycles. The van der Waals surface area contributed by atoms with E-state index in [1.54, 1.807) is 14.2 Å². The molecule has 0 radical (unpaired) electrons. The van der Waals surface area contributed by atoms with Gasteiger partial charge in [0.25, 0.3) is 0 Å². The highest BCUT2D eigenvalue weighted by Gasteiger charge is 2.48. The van der Waals surface area contributed by atoms with Crippen molar-refractivity contribution >= 4 is 5.70 Å². The topological polar surface area (TPSA) is 24.9 Å². The first-order valence-corrected chi connectivity index (χ1v) is 8.50. The maximum Gasteiger partial charge on any atom is 0.161 e. The van der Waals surface area contributed by atoms with Crippen LogP contribution < -0.4 is 9.47 Å². The van der Waals surface area contributed by atoms with Crippen LogP contribution >= 0.6 is 0 Å². The van der Waals surface area contributed by atoms with Gasteiger partial charge in [-0.1, -0.05) is 13.0 Å². The van der Waals surface area contributed by atoms with Crippen LogP contribution in [0.15, 0.2) is 18.2 Å². The Morgan fingerprint density at radius 3 is 2.61 bits per heavy atom. The lowest BCUT2D eigenvalue weighted by Crippen LogP contribution is -2.53. The van der Waals surface area contributed by atoms with Gasteiger partial charge in [0.2, 0.25) is 0 Å². The fourth-order valence-corrected chi connectivity index (χ4v) is 4.73. The molecule has 1 aromatic rings. The van der Waals surface area contributed by atoms with E-state index in [4.69, 9.17) is 9.47 Å². The second-order valence-corrected chi connectivity index (χ2v) is 7.36. The number of rotatable bonds is 2. The highest BCUT2D eigenvalue weighted by Crippen LogP contribution is 2.49. The second kappa shape index (κ2) is 5.17. The number of likely N-dealkylation sites (tertiary alicyclic amines) is 1. The maximum absolute atomic E-state index is 5.53. The summed E-state index contributed by atoms with van der Waals surface area (Å²) in [7, 11) is 5.68. The number of nitrogens with zero attached hydrogens (tertiary/aromatic N) is 2. The molecule has 0 aliphatic carbocycles. The van der Waals surface area contributed by atoms with Crippen LogP contribution in [0.2, 0.25) is 0 Å². The van der Waals surface area contributed by atoms with Gasteiger partial charge in [-0.2, -0.15) is 0 Å². The van der Waals surface area contributed by atoms with Gasteiger partial charge >= 0.3 is 0 Å². The molecular formula is C19H26N2O2. The van der Waals surface area contributed by atoms with E-state index in [0.29, 0.717) is 11.6 Å². The first-order valence-electron chi connectivity index (χ1n) is 8.50. The predicted octanol–water partition coefficient (Wildman–Crippen LogP) is 2.97. The zero-order valence-electron chi connectivity index (χ0n) is 14.6. The third kappa shape index (κ3) is 2.08. The van der Waals surface area contributed by atoms with Crippen molar-refractivity contribution in [3.05, 3.63) is 29.3 Å². The van der Waals surface area contributed by atoms with Crippen LogP contribution in [-0.4, -0.2) is 50.3 Å². The predicted molar refractivity (Wildman–Crippen MR) is 91.7 cm³/mol. The van der Waals surface area contributed by atoms with Gasteiger partial charge in [0, 0.05) is 29.8 Å². The molecule has 0 amide bonds. The van der Waals surface area contributed by atoms with Crippen LogP contribution in [0.4, 0.5) is 0 Å². The zero-order valence-corrected chi connectivity index (χ0v) is 14.6. The molecule has 1 fully saturated rings. The van der Waals surface area contributed by atoms with Gasteiger partial charge < -0.3 is 14.4 Å². The summed E-state index contributed by atoms with van der Waals surface area (Å²) in [5.74, 6) is 1.65. The summed E-state index contributed by atoms with van der Waals surface area (Å²) in [5.41, 5.74) is 4.45. The van der Waals surface area contributed by atoms with E-state index in [2.05, 4.69) is 42.0 Å². The lowest BCUT2D eigenvalue weighted by Gasteiger charge is -2.49. The monoisotopic (exact) mass is 314 g/mol. The summed E-state index contributed by atoms with van der Waals surface area (Å²) in [6.45, 7) is 4.72. The van der Waals surface area contributed by atoms with Crippen molar-refractivity contribution in [2.24, 2.45) is 5.41 Å². The summed E-state index contributed by atoms with van der Waals surface area (Å²) in [4.78, 5) is 5.14. The van der Waals surface area contributed by atoms with Crippen molar-refractivity contribution in [2.75, 3.05) is 34.4 Å². The minimum atomic E-state index is 0.381. The van der Waals surface area contributed by atoms with Crippen LogP contribution in [0.1, 0.15) is 30.9 Å². The molecule has 4 rings (SSSR count). The second-order valence-electron chi connectivity index (χ2n) is 7.36. The van der Waals surface area contributed by atoms with E-state index in [1.807, 2.05) is 0 Å². The molecule has 3 aliphatic rings. The molecule has 0 saturated carbocycles. The Kier molecular flexibility index (Phi) is 3.34. The van der Waals surface area contributed by atoms with E-state index < -0.39 is 0 Å². The van der Waals surface area contributed by atoms with Crippen molar-refractivity contribution in [3.63, 3.8) is 0 Å². The van der Waals surface area contributed by atoms with E-state index in [0.717, 1.165) is 30.9 Å². The molecule has 2 atom stereocenters. The Bertz CT molecular complexity index is 670. The van der Waals surface area contributed by atoms with Crippen molar-refractivity contribution in [1.82, 2.24) is 9.80 Å². The Balaban J connectivity index is 1.80. The molecular weight excluding hydrogens is 288 g/mol. The fourth-order valence-electron chi connectivity index (χ4n) is 4.73. The van der Waals surface area contributed by atoms with Crippen LogP contribution in [0.25, 0.3) is 5.70 Å². The van der Waals surface area contributed by atoms with Gasteiger partial charge in [-0.3, -0.25) is 4.90 Å². The molecule has 1 saturated heterocycles. The first-order chi connectivity index (χ1) is 11.1. The Morgan fingerprint density at radius 2 is 1.87 bits per heavy atom. The van der Waals surface area contributed by atoms with Gasteiger partial charge in [0.1, 0.15) is 0 Å². The highest BCUT2D eigenvalue weighted by atomic mass is 16.5. The molecule has 0 bridgehead atoms. The number of ether oxygens (including phenoxy) is 2. The minimum absolute atomic E-state index is 0.381. The molecule has 23 heavy (non-hydrogen) atoms. The SMILES string of the molecule is COc1cc2c(cc1OC)C1=CCC3(C)CCN(C)C3N1CC2. The third-order valence-electron chi connectivity index (χ3n) is 5.95. The molecule has 0 aromatic heterocycles. The summed E-state index contributed by atoms with van der Waals surface area (Å²) in [6, 6.07) is 4.31. The van der Waals surface area contributed by atoms with Crippen LogP contribution in [0, 0.1) is 5.41 Å². The lowest BCUT2D eigenvalue weighted by atomic mass is 9.77. The van der Waals surface area contributed by atoms with Crippen molar-refractivity contribution in [3.8, 4) is 11.5 Å². The van der Waals surface area contributed by atoms with Crippen molar-refractivity contribution < 1.29 is 9.47 Å². The molecule has 4 nitrogen and oxygen atoms in total. The number of allylic oxidation sites excluding steroid dienone is 1. The summed E-state index contributed by atoms with van der Waals surface area (Å²) in [5, 5.41) is 0. The lowest BCUT2D eigenvalue weighted by molar-refractivity contribution is 0.0541. The number of methoxy groups -OCH3 is 2. The number of hydrogen-bond acceptors (Lipinski definition) is 4. The fraction of sp³-hybridized carbons (Fsp3) is 0.579. The minimum Gasteiger partial charge on any atom is -0.493 e. The van der Waals surface area contributed by atoms with Crippen molar-refractivity contribution in [1.29, 1.82) is 0 Å². The van der Waals surface area contributed by atoms with Gasteiger partial charge in [-0.15, -0.1) is 0 Å². The molecule has 2 unspecified atom stereocenters. The molecule has 0 spiro atoms. The normalized spacial score (nSPS) is 29.5. The smallest absolute Gasteiger partial charge is 0.161 e. The Hall–Kier alpha value is -1.68. The molecule has 124 valence electrons. The average Bonchev–Trinajstić information content (AvgIpc) is 2.88. The number of benzene rings is 1. The summed E-state index contributed by atoms with van der Waals surface area (Å²) in [6.07, 6.45) is 6.46. The maximum atomic E-state index is 5.53. The van der Waals surface area contributed by atoms with Gasteiger partial charge in [0.15, 0.2) is 11.5 Å². The van der Waals surface area contributed by atoms with E-state index in [9.17, 15) is 0 Å². The highest BCUT2D eigenvalue weighted by molar-refractivity contribution is 5.73. The summed E-state index contributed by atoms with van der Waals surface area (Å²) < 4.78 is 11.0. The number of fused-ring (bicyclic) bond motifs is 5. The molecule has 1 aromatic carbocycles. The van der Waals surface area contributed by atoms with E-state index in [1.165, 1.54) is 29.8 Å². The van der Waals surface area contributed by atoms with Gasteiger partial charge in [-0.25, -0.2) is 0 Å². The average molecular weight is 314 g/mol. The van der Waals surface area contributed by atoms with Crippen molar-refractivity contribution in [2.45, 2.75) is 32.4 Å². The molecule has 4 heteroatoms. The molecule has 0 N–H and O–H groups in total. The summed E-state index contributed by atoms with van der Waals surface area (Å²) >= 11 is 0. The standard InChI is InChI=1S/C19H26N2O2/c1-19-7-5-15-14-12-17(23-4)16(22-3)11-13(14)6-9-21(15)18(19)20(2)10-8-19/h5,11-12,18H,6-10H2,1-4H3. The Labute approximate surface area is 138 Å². The van der Waals surface area contributed by atoms with Gasteiger partial charge in [0.05, 0.1) is 20.4 Å². The van der Waals surface area contributed by atoms with Crippen LogP contribution in [-0.2, 0) is 6.42 Å². The zero-order chi connectivity index (χ0) is 16.2. The third-order valence-corrected chi connectivity index (χ3v) is 5.95. The number of hydrogen-bond donors (Lipinski definition) is 0. The van der Waals surface area contributed by atoms with Crippen LogP contribution in [0.5, 0.6) is 11.5 Å². The Morgan fingerprint density at radius 1 is 1.13 bits per heavy atom. The van der Waals surface area contributed by atoms with E-state index in [-0.39, 0.29) is 0 Å². The van der Waals surface area contributed by atoms with Gasteiger partial charge in [-0.05, 0) is 44.0 Å². The quantitative estimate of drug-likeness (QED) is 0.838. The largest absolute Gasteiger partial charge is 0.493 e. The van der Waals surface area contributed by atoms with E-state index >= 15 is 0 Å². The first kappa shape index (κ1) is 14.9.